The lowest BCUT2D eigenvalue weighted by molar-refractivity contribution is -0.140. The first-order valence-electron chi connectivity index (χ1n) is 14.9. The van der Waals surface area contributed by atoms with Gasteiger partial charge in [0.15, 0.2) is 0 Å². The van der Waals surface area contributed by atoms with Crippen LogP contribution in [0.4, 0.5) is 5.69 Å². The molecule has 0 saturated heterocycles. The van der Waals surface area contributed by atoms with Gasteiger partial charge in [0.1, 0.15) is 18.3 Å². The van der Waals surface area contributed by atoms with Gasteiger partial charge >= 0.3 is 0 Å². The average molecular weight is 717 g/mol. The summed E-state index contributed by atoms with van der Waals surface area (Å²) in [6.07, 6.45) is 0.168. The van der Waals surface area contributed by atoms with Gasteiger partial charge in [0.2, 0.25) is 11.8 Å². The molecular formula is C35H36Cl3N3O5S. The highest BCUT2D eigenvalue weighted by Gasteiger charge is 2.35. The van der Waals surface area contributed by atoms with Gasteiger partial charge in [0.25, 0.3) is 10.0 Å². The Morgan fingerprint density at radius 3 is 2.11 bits per heavy atom. The van der Waals surface area contributed by atoms with Gasteiger partial charge in [-0.15, -0.1) is 0 Å². The fourth-order valence-electron chi connectivity index (χ4n) is 4.87. The lowest BCUT2D eigenvalue weighted by Crippen LogP contribution is -2.53. The summed E-state index contributed by atoms with van der Waals surface area (Å²) >= 11 is 19.2. The number of ether oxygens (including phenoxy) is 1. The molecule has 47 heavy (non-hydrogen) atoms. The Bertz CT molecular complexity index is 1790. The lowest BCUT2D eigenvalue weighted by atomic mass is 10.0. The fraction of sp³-hybridized carbons (Fsp3) is 0.257. The summed E-state index contributed by atoms with van der Waals surface area (Å²) in [4.78, 5) is 29.8. The molecule has 12 heteroatoms. The number of nitrogens with zero attached hydrogens (tertiary/aromatic N) is 2. The second kappa shape index (κ2) is 16.4. The van der Waals surface area contributed by atoms with E-state index in [4.69, 9.17) is 39.5 Å². The van der Waals surface area contributed by atoms with Crippen LogP contribution in [-0.4, -0.2) is 51.4 Å². The molecule has 0 unspecified atom stereocenters. The number of benzene rings is 4. The zero-order chi connectivity index (χ0) is 34.1. The van der Waals surface area contributed by atoms with E-state index in [0.29, 0.717) is 27.9 Å². The largest absolute Gasteiger partial charge is 0.495 e. The Balaban J connectivity index is 1.83. The van der Waals surface area contributed by atoms with Crippen molar-refractivity contribution in [1.29, 1.82) is 0 Å². The number of methoxy groups -OCH3 is 1. The Morgan fingerprint density at radius 2 is 1.51 bits per heavy atom. The van der Waals surface area contributed by atoms with Gasteiger partial charge in [-0.25, -0.2) is 8.42 Å². The number of hydrogen-bond acceptors (Lipinski definition) is 5. The van der Waals surface area contributed by atoms with Crippen LogP contribution in [0.3, 0.4) is 0 Å². The normalized spacial score (nSPS) is 12.0. The molecule has 0 fully saturated rings. The second-order valence-corrected chi connectivity index (χ2v) is 14.4. The summed E-state index contributed by atoms with van der Waals surface area (Å²) in [6.45, 7) is 3.58. The van der Waals surface area contributed by atoms with Crippen molar-refractivity contribution >= 4 is 62.3 Å². The molecular weight excluding hydrogens is 681 g/mol. The summed E-state index contributed by atoms with van der Waals surface area (Å²) in [7, 11) is -2.85. The van der Waals surface area contributed by atoms with Crippen molar-refractivity contribution in [2.24, 2.45) is 5.92 Å². The number of halogens is 3. The van der Waals surface area contributed by atoms with E-state index < -0.39 is 28.5 Å². The second-order valence-electron chi connectivity index (χ2n) is 11.2. The highest BCUT2D eigenvalue weighted by Crippen LogP contribution is 2.32. The van der Waals surface area contributed by atoms with Crippen LogP contribution >= 0.6 is 34.8 Å². The van der Waals surface area contributed by atoms with Crippen LogP contribution in [0.5, 0.6) is 5.75 Å². The fourth-order valence-corrected chi connectivity index (χ4v) is 7.02. The third-order valence-electron chi connectivity index (χ3n) is 7.34. The molecule has 1 N–H and O–H groups in total. The molecule has 8 nitrogen and oxygen atoms in total. The molecule has 0 radical (unpaired) electrons. The van der Waals surface area contributed by atoms with Crippen LogP contribution in [0.2, 0.25) is 15.1 Å². The van der Waals surface area contributed by atoms with Crippen molar-refractivity contribution in [2.45, 2.75) is 37.8 Å². The van der Waals surface area contributed by atoms with E-state index in [2.05, 4.69) is 5.32 Å². The van der Waals surface area contributed by atoms with Gasteiger partial charge in [0, 0.05) is 29.6 Å². The molecule has 0 aliphatic heterocycles. The van der Waals surface area contributed by atoms with Gasteiger partial charge in [-0.2, -0.15) is 0 Å². The summed E-state index contributed by atoms with van der Waals surface area (Å²) in [5.41, 5.74) is 1.48. The zero-order valence-corrected chi connectivity index (χ0v) is 29.3. The minimum absolute atomic E-state index is 0.0254. The zero-order valence-electron chi connectivity index (χ0n) is 26.2. The Morgan fingerprint density at radius 1 is 0.851 bits per heavy atom. The number of carbonyl (C=O) groups excluding carboxylic acids is 2. The Kier molecular flexibility index (Phi) is 12.6. The molecule has 0 aliphatic carbocycles. The van der Waals surface area contributed by atoms with Gasteiger partial charge in [-0.3, -0.25) is 13.9 Å². The molecule has 0 bridgehead atoms. The van der Waals surface area contributed by atoms with Crippen LogP contribution in [0.25, 0.3) is 0 Å². The van der Waals surface area contributed by atoms with Crippen molar-refractivity contribution < 1.29 is 22.7 Å². The number of carbonyl (C=O) groups is 2. The molecule has 4 aromatic rings. The molecule has 2 amide bonds. The molecule has 4 aromatic carbocycles. The van der Waals surface area contributed by atoms with Crippen LogP contribution < -0.4 is 14.4 Å². The third kappa shape index (κ3) is 9.41. The van der Waals surface area contributed by atoms with Crippen molar-refractivity contribution in [3.05, 3.63) is 123 Å². The van der Waals surface area contributed by atoms with Crippen LogP contribution in [0, 0.1) is 5.92 Å². The number of sulfonamides is 1. The first-order valence-corrected chi connectivity index (χ1v) is 17.4. The number of hydrogen-bond donors (Lipinski definition) is 1. The first kappa shape index (κ1) is 36.1. The SMILES string of the molecule is COc1ccc(N(CC(=O)N(Cc2ccc(Cl)cc2Cl)[C@H](Cc2ccccc2)C(=O)NCC(C)C)S(=O)(=O)c2ccccc2)cc1Cl. The van der Waals surface area contributed by atoms with E-state index in [1.165, 1.54) is 42.3 Å². The molecule has 0 aromatic heterocycles. The minimum atomic E-state index is -4.29. The maximum atomic E-state index is 14.6. The Labute approximate surface area is 291 Å². The first-order chi connectivity index (χ1) is 22.4. The van der Waals surface area contributed by atoms with E-state index in [1.54, 1.807) is 36.4 Å². The van der Waals surface area contributed by atoms with Crippen molar-refractivity contribution in [3.63, 3.8) is 0 Å². The predicted molar refractivity (Wildman–Crippen MR) is 188 cm³/mol. The van der Waals surface area contributed by atoms with Gasteiger partial charge in [-0.05, 0) is 59.5 Å². The quantitative estimate of drug-likeness (QED) is 0.148. The predicted octanol–water partition coefficient (Wildman–Crippen LogP) is 7.26. The van der Waals surface area contributed by atoms with Crippen LogP contribution in [-0.2, 0) is 32.6 Å². The van der Waals surface area contributed by atoms with Crippen molar-refractivity contribution in [2.75, 3.05) is 24.5 Å². The molecule has 1 atom stereocenters. The van der Waals surface area contributed by atoms with Gasteiger partial charge in [0.05, 0.1) is 22.7 Å². The number of anilines is 1. The number of rotatable bonds is 14. The standard InChI is InChI=1S/C35H36Cl3N3O5S/c1-24(2)21-39-35(43)32(18-25-10-6-4-7-11-25)40(22-26-14-15-27(36)19-30(26)37)34(42)23-41(28-16-17-33(46-3)31(38)20-28)47(44,45)29-12-8-5-9-13-29/h4-17,19-20,24,32H,18,21-23H2,1-3H3,(H,39,43)/t32-/m1/s1. The molecule has 0 saturated carbocycles. The molecule has 0 aliphatic rings. The maximum Gasteiger partial charge on any atom is 0.264 e. The highest BCUT2D eigenvalue weighted by molar-refractivity contribution is 7.92. The van der Waals surface area contributed by atoms with E-state index in [0.717, 1.165) is 9.87 Å². The van der Waals surface area contributed by atoms with Crippen molar-refractivity contribution in [3.8, 4) is 5.75 Å². The number of nitrogens with one attached hydrogen (secondary N) is 1. The maximum absolute atomic E-state index is 14.6. The molecule has 0 heterocycles. The van der Waals surface area contributed by atoms with Gasteiger partial charge in [-0.1, -0.05) is 103 Å². The lowest BCUT2D eigenvalue weighted by Gasteiger charge is -2.34. The van der Waals surface area contributed by atoms with E-state index in [1.807, 2.05) is 44.2 Å². The summed E-state index contributed by atoms with van der Waals surface area (Å²) < 4.78 is 34.5. The Hall–Kier alpha value is -3.76. The monoisotopic (exact) mass is 715 g/mol. The smallest absolute Gasteiger partial charge is 0.264 e. The molecule has 4 rings (SSSR count). The summed E-state index contributed by atoms with van der Waals surface area (Å²) in [5, 5.41) is 3.82. The minimum Gasteiger partial charge on any atom is -0.495 e. The van der Waals surface area contributed by atoms with Crippen LogP contribution in [0.15, 0.2) is 102 Å². The highest BCUT2D eigenvalue weighted by atomic mass is 35.5. The van der Waals surface area contributed by atoms with E-state index >= 15 is 0 Å². The number of amides is 2. The van der Waals surface area contributed by atoms with Gasteiger partial charge < -0.3 is 15.0 Å². The topological polar surface area (TPSA) is 96.0 Å². The summed E-state index contributed by atoms with van der Waals surface area (Å²) in [6, 6.07) is 25.4. The van der Waals surface area contributed by atoms with Crippen LogP contribution in [0.1, 0.15) is 25.0 Å². The molecule has 248 valence electrons. The molecule has 0 spiro atoms. The van der Waals surface area contributed by atoms with E-state index in [9.17, 15) is 18.0 Å². The third-order valence-corrected chi connectivity index (χ3v) is 10.0. The summed E-state index contributed by atoms with van der Waals surface area (Å²) in [5.74, 6) is -0.533. The van der Waals surface area contributed by atoms with E-state index in [-0.39, 0.29) is 40.4 Å². The average Bonchev–Trinajstić information content (AvgIpc) is 3.05. The van der Waals surface area contributed by atoms with Crippen molar-refractivity contribution in [1.82, 2.24) is 10.2 Å².